The van der Waals surface area contributed by atoms with Gasteiger partial charge in [0.2, 0.25) is 5.89 Å². The van der Waals surface area contributed by atoms with Crippen molar-refractivity contribution in [3.05, 3.63) is 41.5 Å². The van der Waals surface area contributed by atoms with Gasteiger partial charge in [0.25, 0.3) is 0 Å². The fourth-order valence-corrected chi connectivity index (χ4v) is 1.42. The van der Waals surface area contributed by atoms with E-state index in [9.17, 15) is 4.79 Å². The minimum atomic E-state index is 0.0605. The number of rotatable bonds is 4. The molecular weight excluding hydrogens is 218 g/mol. The Labute approximate surface area is 98.8 Å². The first-order valence-electron chi connectivity index (χ1n) is 5.29. The van der Waals surface area contributed by atoms with E-state index in [0.29, 0.717) is 23.8 Å². The molecule has 0 aliphatic heterocycles. The second kappa shape index (κ2) is 4.78. The molecule has 0 unspecified atom stereocenters. The first-order valence-corrected chi connectivity index (χ1v) is 5.29. The van der Waals surface area contributed by atoms with Crippen molar-refractivity contribution in [3.63, 3.8) is 0 Å². The standard InChI is InChI=1S/C12H13N3O2/c1-8(16)10-3-5-11(6-4-10)13-7-12-14-9(2)17-15-12/h3-6,13H,7H2,1-2H3. The average molecular weight is 231 g/mol. The lowest BCUT2D eigenvalue weighted by Gasteiger charge is -2.03. The van der Waals surface area contributed by atoms with Gasteiger partial charge < -0.3 is 9.84 Å². The summed E-state index contributed by atoms with van der Waals surface area (Å²) in [5.74, 6) is 1.22. The molecule has 88 valence electrons. The van der Waals surface area contributed by atoms with Crippen LogP contribution in [-0.2, 0) is 6.54 Å². The van der Waals surface area contributed by atoms with Gasteiger partial charge in [-0.1, -0.05) is 5.16 Å². The number of hydrogen-bond donors (Lipinski definition) is 1. The predicted octanol–water partition coefficient (Wildman–Crippen LogP) is 2.19. The molecule has 1 heterocycles. The molecule has 0 amide bonds. The molecule has 0 saturated heterocycles. The van der Waals surface area contributed by atoms with Crippen molar-refractivity contribution in [3.8, 4) is 0 Å². The van der Waals surface area contributed by atoms with Gasteiger partial charge in [-0.3, -0.25) is 4.79 Å². The zero-order valence-electron chi connectivity index (χ0n) is 9.73. The molecule has 17 heavy (non-hydrogen) atoms. The molecule has 1 aromatic heterocycles. The number of aromatic nitrogens is 2. The van der Waals surface area contributed by atoms with Crippen LogP contribution >= 0.6 is 0 Å². The van der Waals surface area contributed by atoms with E-state index < -0.39 is 0 Å². The van der Waals surface area contributed by atoms with E-state index in [1.807, 2.05) is 12.1 Å². The maximum absolute atomic E-state index is 11.1. The predicted molar refractivity (Wildman–Crippen MR) is 62.8 cm³/mol. The fourth-order valence-electron chi connectivity index (χ4n) is 1.42. The molecular formula is C12H13N3O2. The number of anilines is 1. The Bertz CT molecular complexity index is 517. The number of ketones is 1. The van der Waals surface area contributed by atoms with Crippen LogP contribution in [0.5, 0.6) is 0 Å². The molecule has 2 rings (SSSR count). The summed E-state index contributed by atoms with van der Waals surface area (Å²) in [6.45, 7) is 3.79. The minimum absolute atomic E-state index is 0.0605. The van der Waals surface area contributed by atoms with Gasteiger partial charge in [0.05, 0.1) is 6.54 Å². The maximum Gasteiger partial charge on any atom is 0.223 e. The lowest BCUT2D eigenvalue weighted by molar-refractivity contribution is 0.101. The molecule has 0 radical (unpaired) electrons. The highest BCUT2D eigenvalue weighted by Crippen LogP contribution is 2.10. The Kier molecular flexibility index (Phi) is 3.18. The Hall–Kier alpha value is -2.17. The highest BCUT2D eigenvalue weighted by molar-refractivity contribution is 5.94. The second-order valence-corrected chi connectivity index (χ2v) is 3.72. The van der Waals surface area contributed by atoms with E-state index in [2.05, 4.69) is 15.5 Å². The third-order valence-corrected chi connectivity index (χ3v) is 2.31. The summed E-state index contributed by atoms with van der Waals surface area (Å²) in [6, 6.07) is 7.27. The topological polar surface area (TPSA) is 68.0 Å². The molecule has 1 aromatic carbocycles. The number of nitrogens with one attached hydrogen (secondary N) is 1. The van der Waals surface area contributed by atoms with Crippen molar-refractivity contribution in [2.24, 2.45) is 0 Å². The van der Waals surface area contributed by atoms with Crippen LogP contribution in [0.2, 0.25) is 0 Å². The van der Waals surface area contributed by atoms with Crippen LogP contribution in [0.1, 0.15) is 29.0 Å². The summed E-state index contributed by atoms with van der Waals surface area (Å²) < 4.78 is 4.86. The summed E-state index contributed by atoms with van der Waals surface area (Å²) in [7, 11) is 0. The molecule has 0 bridgehead atoms. The van der Waals surface area contributed by atoms with Gasteiger partial charge in [0, 0.05) is 18.2 Å². The van der Waals surface area contributed by atoms with E-state index >= 15 is 0 Å². The van der Waals surface area contributed by atoms with Crippen LogP contribution in [0.15, 0.2) is 28.8 Å². The molecule has 0 atom stereocenters. The zero-order valence-corrected chi connectivity index (χ0v) is 9.73. The van der Waals surface area contributed by atoms with Crippen molar-refractivity contribution in [2.75, 3.05) is 5.32 Å². The average Bonchev–Trinajstić information content (AvgIpc) is 2.73. The van der Waals surface area contributed by atoms with Gasteiger partial charge in [-0.25, -0.2) is 0 Å². The molecule has 5 nitrogen and oxygen atoms in total. The molecule has 5 heteroatoms. The summed E-state index contributed by atoms with van der Waals surface area (Å²) in [5.41, 5.74) is 1.61. The van der Waals surface area contributed by atoms with E-state index in [4.69, 9.17) is 4.52 Å². The van der Waals surface area contributed by atoms with Crippen LogP contribution in [0, 0.1) is 6.92 Å². The summed E-state index contributed by atoms with van der Waals surface area (Å²) in [4.78, 5) is 15.2. The number of Topliss-reactive ketones (excluding diaryl/α,β-unsaturated/α-hetero) is 1. The second-order valence-electron chi connectivity index (χ2n) is 3.72. The first kappa shape index (κ1) is 11.3. The molecule has 0 aliphatic rings. The molecule has 0 spiro atoms. The van der Waals surface area contributed by atoms with Gasteiger partial charge >= 0.3 is 0 Å². The number of aryl methyl sites for hydroxylation is 1. The van der Waals surface area contributed by atoms with Crippen molar-refractivity contribution < 1.29 is 9.32 Å². The Morgan fingerprint density at radius 2 is 2.06 bits per heavy atom. The van der Waals surface area contributed by atoms with E-state index in [1.165, 1.54) is 0 Å². The number of nitrogens with zero attached hydrogens (tertiary/aromatic N) is 2. The largest absolute Gasteiger partial charge is 0.378 e. The zero-order chi connectivity index (χ0) is 12.3. The van der Waals surface area contributed by atoms with Crippen molar-refractivity contribution in [1.29, 1.82) is 0 Å². The molecule has 0 aliphatic carbocycles. The Balaban J connectivity index is 1.97. The van der Waals surface area contributed by atoms with Crippen LogP contribution < -0.4 is 5.32 Å². The summed E-state index contributed by atoms with van der Waals surface area (Å²) in [6.07, 6.45) is 0. The molecule has 2 aromatic rings. The van der Waals surface area contributed by atoms with Crippen LogP contribution in [-0.4, -0.2) is 15.9 Å². The van der Waals surface area contributed by atoms with Gasteiger partial charge in [-0.2, -0.15) is 4.98 Å². The van der Waals surface area contributed by atoms with E-state index in [1.54, 1.807) is 26.0 Å². The van der Waals surface area contributed by atoms with Gasteiger partial charge in [0.1, 0.15) is 0 Å². The summed E-state index contributed by atoms with van der Waals surface area (Å²) in [5, 5.41) is 6.92. The van der Waals surface area contributed by atoms with Crippen LogP contribution in [0.25, 0.3) is 0 Å². The van der Waals surface area contributed by atoms with Crippen molar-refractivity contribution in [2.45, 2.75) is 20.4 Å². The van der Waals surface area contributed by atoms with Gasteiger partial charge in [0.15, 0.2) is 11.6 Å². The third-order valence-electron chi connectivity index (χ3n) is 2.31. The number of carbonyl (C=O) groups is 1. The van der Waals surface area contributed by atoms with Crippen molar-refractivity contribution >= 4 is 11.5 Å². The Morgan fingerprint density at radius 3 is 2.59 bits per heavy atom. The lowest BCUT2D eigenvalue weighted by Crippen LogP contribution is -2.01. The van der Waals surface area contributed by atoms with Gasteiger partial charge in [-0.15, -0.1) is 0 Å². The smallest absolute Gasteiger partial charge is 0.223 e. The van der Waals surface area contributed by atoms with Gasteiger partial charge in [-0.05, 0) is 31.2 Å². The molecule has 0 saturated carbocycles. The lowest BCUT2D eigenvalue weighted by atomic mass is 10.1. The third kappa shape index (κ3) is 2.90. The normalized spacial score (nSPS) is 10.2. The number of benzene rings is 1. The number of carbonyl (C=O) groups excluding carboxylic acids is 1. The Morgan fingerprint density at radius 1 is 1.35 bits per heavy atom. The fraction of sp³-hybridized carbons (Fsp3) is 0.250. The van der Waals surface area contributed by atoms with Crippen LogP contribution in [0.4, 0.5) is 5.69 Å². The maximum atomic E-state index is 11.1. The monoisotopic (exact) mass is 231 g/mol. The molecule has 1 N–H and O–H groups in total. The highest BCUT2D eigenvalue weighted by Gasteiger charge is 2.02. The van der Waals surface area contributed by atoms with E-state index in [0.717, 1.165) is 5.69 Å². The van der Waals surface area contributed by atoms with E-state index in [-0.39, 0.29) is 5.78 Å². The van der Waals surface area contributed by atoms with Crippen LogP contribution in [0.3, 0.4) is 0 Å². The quantitative estimate of drug-likeness (QED) is 0.817. The summed E-state index contributed by atoms with van der Waals surface area (Å²) >= 11 is 0. The SMILES string of the molecule is CC(=O)c1ccc(NCc2noc(C)n2)cc1. The number of hydrogen-bond acceptors (Lipinski definition) is 5. The first-order chi connectivity index (χ1) is 8.15. The molecule has 0 fully saturated rings. The minimum Gasteiger partial charge on any atom is -0.378 e. The highest BCUT2D eigenvalue weighted by atomic mass is 16.5. The van der Waals surface area contributed by atoms with Crippen molar-refractivity contribution in [1.82, 2.24) is 10.1 Å².